The molecular formula is C14H15NO5. The van der Waals surface area contributed by atoms with E-state index < -0.39 is 11.9 Å². The first kappa shape index (κ1) is 15.6. The lowest BCUT2D eigenvalue weighted by atomic mass is 10.1. The van der Waals surface area contributed by atoms with Gasteiger partial charge in [0, 0.05) is 12.8 Å². The summed E-state index contributed by atoms with van der Waals surface area (Å²) in [6, 6.07) is 6.74. The van der Waals surface area contributed by atoms with Crippen molar-refractivity contribution < 1.29 is 23.9 Å². The van der Waals surface area contributed by atoms with Gasteiger partial charge in [-0.15, -0.1) is 0 Å². The van der Waals surface area contributed by atoms with Crippen LogP contribution in [-0.2, 0) is 14.3 Å². The third kappa shape index (κ3) is 4.01. The number of ether oxygens (including phenoxy) is 1. The monoisotopic (exact) mass is 277 g/mol. The Bertz CT molecular complexity index is 503. The van der Waals surface area contributed by atoms with Crippen molar-refractivity contribution in [3.8, 4) is 0 Å². The molecule has 1 aromatic rings. The minimum Gasteiger partial charge on any atom is -0.393 e. The Morgan fingerprint density at radius 1 is 0.950 bits per heavy atom. The fraction of sp³-hybridized carbons (Fsp3) is 0.286. The van der Waals surface area contributed by atoms with E-state index in [0.29, 0.717) is 11.1 Å². The summed E-state index contributed by atoms with van der Waals surface area (Å²) in [6.45, 7) is 3.29. The zero-order valence-corrected chi connectivity index (χ0v) is 11.3. The predicted octanol–water partition coefficient (Wildman–Crippen LogP) is 1.45. The zero-order valence-electron chi connectivity index (χ0n) is 11.3. The second-order valence-electron chi connectivity index (χ2n) is 3.88. The van der Waals surface area contributed by atoms with Gasteiger partial charge in [0.2, 0.25) is 0 Å². The second kappa shape index (κ2) is 7.18. The van der Waals surface area contributed by atoms with E-state index in [0.717, 1.165) is 0 Å². The Balaban J connectivity index is 0.000000206. The Morgan fingerprint density at radius 3 is 1.70 bits per heavy atom. The van der Waals surface area contributed by atoms with Gasteiger partial charge in [0.1, 0.15) is 0 Å². The van der Waals surface area contributed by atoms with Crippen molar-refractivity contribution in [3.63, 3.8) is 0 Å². The van der Waals surface area contributed by atoms with E-state index in [1.54, 1.807) is 38.1 Å². The third-order valence-electron chi connectivity index (χ3n) is 2.45. The topological polar surface area (TPSA) is 89.5 Å². The molecular weight excluding hydrogens is 262 g/mol. The minimum atomic E-state index is -0.457. The van der Waals surface area contributed by atoms with Gasteiger partial charge in [-0.3, -0.25) is 24.5 Å². The molecule has 0 aliphatic carbocycles. The molecule has 1 N–H and O–H groups in total. The number of amides is 2. The van der Waals surface area contributed by atoms with Gasteiger partial charge in [0.15, 0.2) is 0 Å². The third-order valence-corrected chi connectivity index (χ3v) is 2.45. The van der Waals surface area contributed by atoms with Crippen LogP contribution < -0.4 is 5.32 Å². The van der Waals surface area contributed by atoms with Crippen molar-refractivity contribution in [1.82, 2.24) is 5.32 Å². The number of hydrogen-bond donors (Lipinski definition) is 1. The van der Waals surface area contributed by atoms with E-state index in [4.69, 9.17) is 0 Å². The number of imide groups is 1. The molecule has 0 fully saturated rings. The summed E-state index contributed by atoms with van der Waals surface area (Å²) < 4.78 is 4.27. The summed E-state index contributed by atoms with van der Waals surface area (Å²) in [4.78, 5) is 42.6. The van der Waals surface area contributed by atoms with Crippen molar-refractivity contribution >= 4 is 23.8 Å². The van der Waals surface area contributed by atoms with Crippen LogP contribution in [0.2, 0.25) is 0 Å². The van der Waals surface area contributed by atoms with E-state index in [2.05, 4.69) is 10.1 Å². The van der Waals surface area contributed by atoms with Gasteiger partial charge in [0.25, 0.3) is 11.8 Å². The number of rotatable bonds is 2. The lowest BCUT2D eigenvalue weighted by Gasteiger charge is -1.95. The maximum Gasteiger partial charge on any atom is 0.313 e. The minimum absolute atomic E-state index is 0.256. The molecule has 1 aliphatic heterocycles. The van der Waals surface area contributed by atoms with Gasteiger partial charge in [-0.1, -0.05) is 26.0 Å². The van der Waals surface area contributed by atoms with Crippen molar-refractivity contribution in [3.05, 3.63) is 35.4 Å². The molecule has 6 heteroatoms. The molecule has 0 spiro atoms. The average Bonchev–Trinajstić information content (AvgIpc) is 2.75. The molecule has 0 radical (unpaired) electrons. The number of esters is 2. The quantitative estimate of drug-likeness (QED) is 0.502. The van der Waals surface area contributed by atoms with Gasteiger partial charge in [-0.05, 0) is 12.1 Å². The van der Waals surface area contributed by atoms with Crippen LogP contribution in [0.3, 0.4) is 0 Å². The first-order valence-corrected chi connectivity index (χ1v) is 6.17. The molecule has 106 valence electrons. The van der Waals surface area contributed by atoms with E-state index >= 15 is 0 Å². The summed E-state index contributed by atoms with van der Waals surface area (Å²) in [5.74, 6) is -1.51. The summed E-state index contributed by atoms with van der Waals surface area (Å²) in [5.41, 5.74) is 0.940. The summed E-state index contributed by atoms with van der Waals surface area (Å²) in [6.07, 6.45) is 0.511. The molecule has 0 saturated carbocycles. The van der Waals surface area contributed by atoms with Crippen molar-refractivity contribution in [1.29, 1.82) is 0 Å². The van der Waals surface area contributed by atoms with Crippen molar-refractivity contribution in [2.75, 3.05) is 0 Å². The molecule has 1 heterocycles. The number of carbonyl (C=O) groups excluding carboxylic acids is 4. The van der Waals surface area contributed by atoms with Gasteiger partial charge in [-0.25, -0.2) is 0 Å². The molecule has 0 bridgehead atoms. The molecule has 2 amide bonds. The van der Waals surface area contributed by atoms with E-state index in [-0.39, 0.29) is 24.7 Å². The largest absolute Gasteiger partial charge is 0.393 e. The van der Waals surface area contributed by atoms with Crippen molar-refractivity contribution in [2.24, 2.45) is 0 Å². The normalized spacial score (nSPS) is 11.9. The van der Waals surface area contributed by atoms with Crippen LogP contribution in [0.5, 0.6) is 0 Å². The number of nitrogens with one attached hydrogen (secondary N) is 1. The molecule has 0 atom stereocenters. The lowest BCUT2D eigenvalue weighted by Crippen LogP contribution is -2.19. The Kier molecular flexibility index (Phi) is 5.58. The first-order valence-electron chi connectivity index (χ1n) is 6.17. The number of benzene rings is 1. The van der Waals surface area contributed by atoms with E-state index in [1.165, 1.54) is 0 Å². The summed E-state index contributed by atoms with van der Waals surface area (Å²) in [7, 11) is 0. The fourth-order valence-corrected chi connectivity index (χ4v) is 1.39. The van der Waals surface area contributed by atoms with Crippen LogP contribution in [0.1, 0.15) is 47.4 Å². The summed E-state index contributed by atoms with van der Waals surface area (Å²) >= 11 is 0. The van der Waals surface area contributed by atoms with Gasteiger partial charge < -0.3 is 4.74 Å². The highest BCUT2D eigenvalue weighted by atomic mass is 16.6. The second-order valence-corrected chi connectivity index (χ2v) is 3.88. The van der Waals surface area contributed by atoms with Crippen LogP contribution in [0.15, 0.2) is 24.3 Å². The van der Waals surface area contributed by atoms with Crippen LogP contribution in [-0.4, -0.2) is 23.8 Å². The molecule has 0 saturated heterocycles. The Labute approximate surface area is 116 Å². The van der Waals surface area contributed by atoms with Crippen molar-refractivity contribution in [2.45, 2.75) is 26.7 Å². The standard InChI is InChI=1S/C8H5NO2.C6H10O3/c10-7-5-3-1-2-4-6(5)8(11)9-7;1-3-5(7)9-6(8)4-2/h1-4H,(H,9,10,11);3-4H2,1-2H3. The molecule has 1 aliphatic rings. The van der Waals surface area contributed by atoms with Crippen LogP contribution in [0, 0.1) is 0 Å². The highest BCUT2D eigenvalue weighted by Gasteiger charge is 2.25. The number of hydrogen-bond acceptors (Lipinski definition) is 5. The molecule has 0 aromatic heterocycles. The van der Waals surface area contributed by atoms with E-state index in [1.807, 2.05) is 0 Å². The van der Waals surface area contributed by atoms with Gasteiger partial charge in [-0.2, -0.15) is 0 Å². The average molecular weight is 277 g/mol. The zero-order chi connectivity index (χ0) is 15.1. The lowest BCUT2D eigenvalue weighted by molar-refractivity contribution is -0.159. The number of fused-ring (bicyclic) bond motifs is 1. The first-order chi connectivity index (χ1) is 9.49. The fourth-order valence-electron chi connectivity index (χ4n) is 1.39. The highest BCUT2D eigenvalue weighted by Crippen LogP contribution is 2.13. The Hall–Kier alpha value is -2.50. The molecule has 1 aromatic carbocycles. The van der Waals surface area contributed by atoms with E-state index in [9.17, 15) is 19.2 Å². The molecule has 6 nitrogen and oxygen atoms in total. The maximum atomic E-state index is 10.9. The molecule has 2 rings (SSSR count). The number of carbonyl (C=O) groups is 4. The maximum absolute atomic E-state index is 10.9. The molecule has 20 heavy (non-hydrogen) atoms. The SMILES string of the molecule is CCC(=O)OC(=O)CC.O=C1NC(=O)c2ccccc21. The highest BCUT2D eigenvalue weighted by molar-refractivity contribution is 6.21. The predicted molar refractivity (Wildman–Crippen MR) is 69.9 cm³/mol. The smallest absolute Gasteiger partial charge is 0.313 e. The van der Waals surface area contributed by atoms with Gasteiger partial charge >= 0.3 is 11.9 Å². The van der Waals surface area contributed by atoms with Crippen LogP contribution >= 0.6 is 0 Å². The summed E-state index contributed by atoms with van der Waals surface area (Å²) in [5, 5.41) is 2.20. The van der Waals surface area contributed by atoms with Crippen LogP contribution in [0.25, 0.3) is 0 Å². The van der Waals surface area contributed by atoms with Crippen LogP contribution in [0.4, 0.5) is 0 Å². The molecule has 0 unspecified atom stereocenters. The van der Waals surface area contributed by atoms with Gasteiger partial charge in [0.05, 0.1) is 11.1 Å². The Morgan fingerprint density at radius 2 is 1.35 bits per heavy atom.